The van der Waals surface area contributed by atoms with Gasteiger partial charge in [0.2, 0.25) is 11.9 Å². The van der Waals surface area contributed by atoms with Crippen molar-refractivity contribution in [2.45, 2.75) is 32.5 Å². The molecule has 0 spiro atoms. The number of likely N-dealkylation sites (N-methyl/N-ethyl adjacent to an activating group) is 1. The summed E-state index contributed by atoms with van der Waals surface area (Å²) in [5, 5.41) is 7.82. The normalized spacial score (nSPS) is 20.3. The number of nitrogens with zero attached hydrogens (tertiary/aromatic N) is 7. The number of anilines is 2. The van der Waals surface area contributed by atoms with Gasteiger partial charge in [-0.15, -0.1) is 0 Å². The van der Waals surface area contributed by atoms with Crippen LogP contribution in [-0.2, 0) is 6.54 Å². The van der Waals surface area contributed by atoms with Crippen molar-refractivity contribution in [2.24, 2.45) is 0 Å². The van der Waals surface area contributed by atoms with Gasteiger partial charge in [-0.2, -0.15) is 19.6 Å². The van der Waals surface area contributed by atoms with Crippen LogP contribution in [0.5, 0.6) is 0 Å². The fourth-order valence-corrected chi connectivity index (χ4v) is 4.26. The van der Waals surface area contributed by atoms with Gasteiger partial charge in [0.1, 0.15) is 5.82 Å². The number of H-pyrrole nitrogens is 1. The molecule has 1 aliphatic heterocycles. The maximum Gasteiger partial charge on any atom is 0.231 e. The fraction of sp³-hybridized carbons (Fsp3) is 0.400. The molecular weight excluding hydrogens is 446 g/mol. The number of halogens is 1. The first-order chi connectivity index (χ1) is 14.5. The summed E-state index contributed by atoms with van der Waals surface area (Å²) in [5.41, 5.74) is 2.71. The van der Waals surface area contributed by atoms with Gasteiger partial charge in [-0.3, -0.25) is 4.90 Å². The minimum absolute atomic E-state index is 0.318. The Labute approximate surface area is 182 Å². The van der Waals surface area contributed by atoms with E-state index in [1.54, 1.807) is 10.7 Å². The predicted molar refractivity (Wildman–Crippen MR) is 121 cm³/mol. The quantitative estimate of drug-likeness (QED) is 0.474. The Morgan fingerprint density at radius 1 is 1.13 bits per heavy atom. The molecule has 156 valence electrons. The fourth-order valence-electron chi connectivity index (χ4n) is 3.91. The van der Waals surface area contributed by atoms with E-state index in [2.05, 4.69) is 67.0 Å². The lowest BCUT2D eigenvalue weighted by atomic mass is 10.1. The summed E-state index contributed by atoms with van der Waals surface area (Å²) in [4.78, 5) is 22.3. The molecule has 1 aromatic carbocycles. The number of nitrogens with one attached hydrogen (secondary N) is 2. The molecule has 10 heteroatoms. The van der Waals surface area contributed by atoms with E-state index in [4.69, 9.17) is 9.97 Å². The number of benzene rings is 1. The van der Waals surface area contributed by atoms with Gasteiger partial charge < -0.3 is 15.2 Å². The third-order valence-corrected chi connectivity index (χ3v) is 6.28. The average Bonchev–Trinajstić information content (AvgIpc) is 3.32. The Hall–Kier alpha value is -2.72. The van der Waals surface area contributed by atoms with E-state index >= 15 is 0 Å². The van der Waals surface area contributed by atoms with Crippen LogP contribution in [0, 0.1) is 0 Å². The monoisotopic (exact) mass is 469 g/mol. The highest BCUT2D eigenvalue weighted by Gasteiger charge is 2.29. The van der Waals surface area contributed by atoms with Crippen molar-refractivity contribution in [3.8, 4) is 0 Å². The van der Waals surface area contributed by atoms with Gasteiger partial charge in [0.25, 0.3) is 0 Å². The lowest BCUT2D eigenvalue weighted by Gasteiger charge is -2.42. The molecule has 2 N–H and O–H groups in total. The van der Waals surface area contributed by atoms with Crippen molar-refractivity contribution in [2.75, 3.05) is 30.4 Å². The Kier molecular flexibility index (Phi) is 4.82. The molecule has 1 aliphatic rings. The van der Waals surface area contributed by atoms with Crippen LogP contribution in [0.4, 0.5) is 11.9 Å². The summed E-state index contributed by atoms with van der Waals surface area (Å²) in [6.07, 6.45) is 1.75. The van der Waals surface area contributed by atoms with E-state index in [1.807, 2.05) is 24.3 Å². The third kappa shape index (κ3) is 3.39. The van der Waals surface area contributed by atoms with E-state index in [1.165, 1.54) is 0 Å². The molecule has 0 saturated carbocycles. The Morgan fingerprint density at radius 2 is 1.97 bits per heavy atom. The molecule has 4 heterocycles. The number of para-hydroxylation sites is 2. The molecule has 4 aromatic rings. The molecule has 5 rings (SSSR count). The zero-order valence-electron chi connectivity index (χ0n) is 17.2. The number of hydrogen-bond acceptors (Lipinski definition) is 7. The number of piperazine rings is 1. The number of aromatic nitrogens is 6. The summed E-state index contributed by atoms with van der Waals surface area (Å²) < 4.78 is 2.56. The minimum atomic E-state index is 0.318. The summed E-state index contributed by atoms with van der Waals surface area (Å²) >= 11 is 3.57. The van der Waals surface area contributed by atoms with Gasteiger partial charge in [-0.25, -0.2) is 4.98 Å². The van der Waals surface area contributed by atoms with Crippen LogP contribution in [0.15, 0.2) is 34.9 Å². The Morgan fingerprint density at radius 3 is 2.80 bits per heavy atom. The molecule has 1 saturated heterocycles. The highest BCUT2D eigenvalue weighted by atomic mass is 79.9. The first-order valence-electron chi connectivity index (χ1n) is 10.1. The predicted octanol–water partition coefficient (Wildman–Crippen LogP) is 2.90. The second-order valence-electron chi connectivity index (χ2n) is 7.92. The second kappa shape index (κ2) is 7.51. The maximum absolute atomic E-state index is 4.84. The lowest BCUT2D eigenvalue weighted by Crippen LogP contribution is -2.55. The van der Waals surface area contributed by atoms with Gasteiger partial charge >= 0.3 is 0 Å². The van der Waals surface area contributed by atoms with Crippen molar-refractivity contribution >= 4 is 44.5 Å². The Bertz CT molecular complexity index is 1170. The molecule has 0 aliphatic carbocycles. The average molecular weight is 470 g/mol. The SMILES string of the molecule is C[C@H]1CN(c2nc(NCc3nc4ccccc4[nH]3)n3ncc(Br)c3n2)[C@@H](C)CN1C. The lowest BCUT2D eigenvalue weighted by molar-refractivity contribution is 0.204. The van der Waals surface area contributed by atoms with Gasteiger partial charge in [0.05, 0.1) is 28.2 Å². The van der Waals surface area contributed by atoms with E-state index in [0.29, 0.717) is 30.5 Å². The number of rotatable bonds is 4. The van der Waals surface area contributed by atoms with E-state index in [-0.39, 0.29) is 0 Å². The van der Waals surface area contributed by atoms with Crippen molar-refractivity contribution in [1.29, 1.82) is 0 Å². The molecule has 9 nitrogen and oxygen atoms in total. The first kappa shape index (κ1) is 19.3. The van der Waals surface area contributed by atoms with E-state index < -0.39 is 0 Å². The van der Waals surface area contributed by atoms with Crippen LogP contribution in [0.3, 0.4) is 0 Å². The number of fused-ring (bicyclic) bond motifs is 2. The van der Waals surface area contributed by atoms with Gasteiger partial charge in [0, 0.05) is 25.2 Å². The highest BCUT2D eigenvalue weighted by molar-refractivity contribution is 9.10. The van der Waals surface area contributed by atoms with Gasteiger partial charge in [-0.05, 0) is 49.0 Å². The summed E-state index contributed by atoms with van der Waals surface area (Å²) in [6.45, 7) is 6.79. The number of imidazole rings is 1. The van der Waals surface area contributed by atoms with Crippen LogP contribution in [0.2, 0.25) is 0 Å². The standard InChI is InChI=1S/C20H24BrN9/c1-12-11-29(13(2)10-28(12)3)20-26-18-14(21)8-23-30(18)19(27-20)22-9-17-24-15-6-4-5-7-16(15)25-17/h4-8,12-13H,9-11H2,1-3H3,(H,24,25)(H,22,26,27)/t12-,13-/m0/s1. The smallest absolute Gasteiger partial charge is 0.231 e. The summed E-state index contributed by atoms with van der Waals surface area (Å²) in [7, 11) is 2.16. The van der Waals surface area contributed by atoms with Crippen LogP contribution in [-0.4, -0.2) is 66.7 Å². The van der Waals surface area contributed by atoms with E-state index in [9.17, 15) is 0 Å². The maximum atomic E-state index is 4.84. The highest BCUT2D eigenvalue weighted by Crippen LogP contribution is 2.25. The second-order valence-corrected chi connectivity index (χ2v) is 8.77. The number of hydrogen-bond donors (Lipinski definition) is 2. The summed E-state index contributed by atoms with van der Waals surface area (Å²) in [6, 6.07) is 8.75. The molecule has 0 radical (unpaired) electrons. The van der Waals surface area contributed by atoms with Crippen LogP contribution in [0.25, 0.3) is 16.7 Å². The zero-order valence-corrected chi connectivity index (χ0v) is 18.8. The zero-order chi connectivity index (χ0) is 20.8. The molecule has 3 aromatic heterocycles. The van der Waals surface area contributed by atoms with Crippen molar-refractivity contribution < 1.29 is 0 Å². The molecule has 0 unspecified atom stereocenters. The Balaban J connectivity index is 1.48. The van der Waals surface area contributed by atoms with Gasteiger partial charge in [-0.1, -0.05) is 12.1 Å². The molecule has 0 bridgehead atoms. The molecule has 30 heavy (non-hydrogen) atoms. The molecule has 1 fully saturated rings. The van der Waals surface area contributed by atoms with Crippen LogP contribution < -0.4 is 10.2 Å². The largest absolute Gasteiger partial charge is 0.347 e. The molecule has 0 amide bonds. The first-order valence-corrected chi connectivity index (χ1v) is 10.8. The van der Waals surface area contributed by atoms with Crippen molar-refractivity contribution in [3.63, 3.8) is 0 Å². The van der Waals surface area contributed by atoms with Crippen molar-refractivity contribution in [3.05, 3.63) is 40.8 Å². The molecule has 2 atom stereocenters. The topological polar surface area (TPSA) is 90.3 Å². The minimum Gasteiger partial charge on any atom is -0.347 e. The number of aromatic amines is 1. The molecular formula is C20H24BrN9. The van der Waals surface area contributed by atoms with Crippen LogP contribution in [0.1, 0.15) is 19.7 Å². The van der Waals surface area contributed by atoms with Crippen molar-refractivity contribution in [1.82, 2.24) is 34.4 Å². The summed E-state index contributed by atoms with van der Waals surface area (Å²) in [5.74, 6) is 2.19. The third-order valence-electron chi connectivity index (χ3n) is 5.72. The van der Waals surface area contributed by atoms with Gasteiger partial charge in [0.15, 0.2) is 5.65 Å². The van der Waals surface area contributed by atoms with Crippen LogP contribution >= 0.6 is 15.9 Å². The van der Waals surface area contributed by atoms with E-state index in [0.717, 1.165) is 40.1 Å².